The maximum absolute atomic E-state index is 4.67. The number of fused-ring (bicyclic) bond motifs is 1. The highest BCUT2D eigenvalue weighted by molar-refractivity contribution is 5.64. The van der Waals surface area contributed by atoms with Crippen molar-refractivity contribution in [3.63, 3.8) is 0 Å². The van der Waals surface area contributed by atoms with Gasteiger partial charge in [-0.3, -0.25) is 0 Å². The van der Waals surface area contributed by atoms with Crippen molar-refractivity contribution < 1.29 is 0 Å². The summed E-state index contributed by atoms with van der Waals surface area (Å²) >= 11 is 0. The van der Waals surface area contributed by atoms with Crippen molar-refractivity contribution in [1.29, 1.82) is 0 Å². The third kappa shape index (κ3) is 2.56. The maximum Gasteiger partial charge on any atom is 0.156 e. The van der Waals surface area contributed by atoms with Crippen LogP contribution in [0.3, 0.4) is 0 Å². The molecule has 1 aromatic carbocycles. The average molecular weight is 279 g/mol. The Morgan fingerprint density at radius 2 is 1.62 bits per heavy atom. The minimum atomic E-state index is 0.173. The van der Waals surface area contributed by atoms with Gasteiger partial charge in [0.05, 0.1) is 5.69 Å². The van der Waals surface area contributed by atoms with Crippen molar-refractivity contribution in [2.24, 2.45) is 0 Å². The third-order valence-electron chi connectivity index (χ3n) is 3.78. The molecule has 3 rings (SSSR count). The molecule has 0 atom stereocenters. The van der Waals surface area contributed by atoms with E-state index in [-0.39, 0.29) is 5.41 Å². The summed E-state index contributed by atoms with van der Waals surface area (Å²) in [6.45, 7) is 10.7. The number of nitrogens with zero attached hydrogens (tertiary/aromatic N) is 3. The molecule has 3 aromatic rings. The summed E-state index contributed by atoms with van der Waals surface area (Å²) in [6.07, 6.45) is 0. The van der Waals surface area contributed by atoms with Crippen LogP contribution in [0.1, 0.15) is 37.7 Å². The number of hydrogen-bond acceptors (Lipinski definition) is 2. The molecule has 2 aromatic heterocycles. The van der Waals surface area contributed by atoms with Crippen LogP contribution in [0.4, 0.5) is 0 Å². The van der Waals surface area contributed by atoms with E-state index in [9.17, 15) is 0 Å². The fourth-order valence-corrected chi connectivity index (χ4v) is 2.57. The van der Waals surface area contributed by atoms with Crippen LogP contribution < -0.4 is 0 Å². The molecule has 2 heterocycles. The lowest BCUT2D eigenvalue weighted by atomic mass is 9.86. The van der Waals surface area contributed by atoms with Crippen molar-refractivity contribution in [2.45, 2.75) is 40.0 Å². The molecule has 108 valence electrons. The Bertz CT molecular complexity index is 790. The Labute approximate surface area is 125 Å². The second-order valence-electron chi connectivity index (χ2n) is 6.67. The second-order valence-corrected chi connectivity index (χ2v) is 6.67. The van der Waals surface area contributed by atoms with Crippen molar-refractivity contribution in [2.75, 3.05) is 0 Å². The van der Waals surface area contributed by atoms with E-state index in [1.54, 1.807) is 0 Å². The van der Waals surface area contributed by atoms with Gasteiger partial charge in [0.2, 0.25) is 0 Å². The van der Waals surface area contributed by atoms with Crippen molar-refractivity contribution in [1.82, 2.24) is 14.6 Å². The van der Waals surface area contributed by atoms with Crippen LogP contribution in [-0.2, 0) is 5.41 Å². The van der Waals surface area contributed by atoms with Gasteiger partial charge in [0.1, 0.15) is 0 Å². The molecule has 0 N–H and O–H groups in total. The van der Waals surface area contributed by atoms with Gasteiger partial charge in [-0.15, -0.1) is 0 Å². The summed E-state index contributed by atoms with van der Waals surface area (Å²) in [7, 11) is 0. The predicted octanol–water partition coefficient (Wildman–Crippen LogP) is 4.31. The molecule has 0 amide bonds. The minimum absolute atomic E-state index is 0.173. The third-order valence-corrected chi connectivity index (χ3v) is 3.78. The van der Waals surface area contributed by atoms with Gasteiger partial charge in [-0.05, 0) is 30.9 Å². The molecule has 0 saturated carbocycles. The van der Waals surface area contributed by atoms with Crippen molar-refractivity contribution in [3.8, 4) is 11.3 Å². The van der Waals surface area contributed by atoms with Crippen LogP contribution in [0.5, 0.6) is 0 Å². The normalized spacial score (nSPS) is 12.0. The minimum Gasteiger partial charge on any atom is -0.234 e. The first-order valence-electron chi connectivity index (χ1n) is 7.29. The number of rotatable bonds is 1. The van der Waals surface area contributed by atoms with Gasteiger partial charge in [-0.2, -0.15) is 5.10 Å². The van der Waals surface area contributed by atoms with Crippen LogP contribution in [0, 0.1) is 13.8 Å². The molecule has 3 heteroatoms. The lowest BCUT2D eigenvalue weighted by Crippen LogP contribution is -2.10. The molecular formula is C18H21N3. The molecule has 3 nitrogen and oxygen atoms in total. The van der Waals surface area contributed by atoms with Gasteiger partial charge in [-0.1, -0.05) is 45.0 Å². The maximum atomic E-state index is 4.67. The first-order chi connectivity index (χ1) is 9.84. The van der Waals surface area contributed by atoms with E-state index in [0.717, 1.165) is 28.3 Å². The smallest absolute Gasteiger partial charge is 0.156 e. The summed E-state index contributed by atoms with van der Waals surface area (Å²) < 4.78 is 1.90. The molecule has 0 fully saturated rings. The quantitative estimate of drug-likeness (QED) is 0.664. The lowest BCUT2D eigenvalue weighted by Gasteiger charge is -2.18. The van der Waals surface area contributed by atoms with Crippen LogP contribution >= 0.6 is 0 Å². The van der Waals surface area contributed by atoms with E-state index in [4.69, 9.17) is 0 Å². The molecular weight excluding hydrogens is 258 g/mol. The summed E-state index contributed by atoms with van der Waals surface area (Å²) in [5.41, 5.74) is 6.64. The van der Waals surface area contributed by atoms with Crippen LogP contribution in [0.25, 0.3) is 16.9 Å². The number of aryl methyl sites for hydroxylation is 2. The zero-order chi connectivity index (χ0) is 15.2. The van der Waals surface area contributed by atoms with E-state index in [0.29, 0.717) is 0 Å². The fourth-order valence-electron chi connectivity index (χ4n) is 2.57. The molecule has 0 radical (unpaired) electrons. The largest absolute Gasteiger partial charge is 0.234 e. The molecule has 0 spiro atoms. The fraction of sp³-hybridized carbons (Fsp3) is 0.333. The SMILES string of the molecule is Cc1cc(C)n2nc(-c3ccc(C(C)(C)C)cc3)cc2n1. The Morgan fingerprint density at radius 1 is 0.952 bits per heavy atom. The first-order valence-corrected chi connectivity index (χ1v) is 7.29. The van der Waals surface area contributed by atoms with Crippen molar-refractivity contribution >= 4 is 5.65 Å². The van der Waals surface area contributed by atoms with E-state index in [1.807, 2.05) is 23.6 Å². The van der Waals surface area contributed by atoms with Gasteiger partial charge in [0.15, 0.2) is 5.65 Å². The zero-order valence-electron chi connectivity index (χ0n) is 13.3. The Kier molecular flexibility index (Phi) is 3.08. The highest BCUT2D eigenvalue weighted by atomic mass is 15.3. The topological polar surface area (TPSA) is 30.2 Å². The Balaban J connectivity index is 2.06. The standard InChI is InChI=1S/C18H21N3/c1-12-10-13(2)21-17(19-12)11-16(20-21)14-6-8-15(9-7-14)18(3,4)5/h6-11H,1-5H3. The van der Waals surface area contributed by atoms with Gasteiger partial charge >= 0.3 is 0 Å². The van der Waals surface area contributed by atoms with E-state index in [1.165, 1.54) is 5.56 Å². The zero-order valence-corrected chi connectivity index (χ0v) is 13.3. The summed E-state index contributed by atoms with van der Waals surface area (Å²) in [5.74, 6) is 0. The summed E-state index contributed by atoms with van der Waals surface area (Å²) in [4.78, 5) is 4.54. The molecule has 0 bridgehead atoms. The average Bonchev–Trinajstić information content (AvgIpc) is 2.82. The molecule has 0 saturated heterocycles. The van der Waals surface area contributed by atoms with E-state index in [2.05, 4.69) is 62.0 Å². The van der Waals surface area contributed by atoms with E-state index < -0.39 is 0 Å². The molecule has 0 unspecified atom stereocenters. The number of aromatic nitrogens is 3. The number of benzene rings is 1. The summed E-state index contributed by atoms with van der Waals surface area (Å²) in [5, 5.41) is 4.67. The van der Waals surface area contributed by atoms with Gasteiger partial charge in [-0.25, -0.2) is 9.50 Å². The second kappa shape index (κ2) is 4.69. The van der Waals surface area contributed by atoms with Gasteiger partial charge < -0.3 is 0 Å². The highest BCUT2D eigenvalue weighted by Gasteiger charge is 2.14. The Hall–Kier alpha value is -2.16. The van der Waals surface area contributed by atoms with Gasteiger partial charge in [0, 0.05) is 23.0 Å². The molecule has 0 aliphatic carbocycles. The van der Waals surface area contributed by atoms with E-state index >= 15 is 0 Å². The predicted molar refractivity (Wildman–Crippen MR) is 86.6 cm³/mol. The van der Waals surface area contributed by atoms with Crippen LogP contribution in [0.15, 0.2) is 36.4 Å². The summed E-state index contributed by atoms with van der Waals surface area (Å²) in [6, 6.07) is 12.8. The molecule has 21 heavy (non-hydrogen) atoms. The highest BCUT2D eigenvalue weighted by Crippen LogP contribution is 2.26. The van der Waals surface area contributed by atoms with Crippen LogP contribution in [-0.4, -0.2) is 14.6 Å². The van der Waals surface area contributed by atoms with Gasteiger partial charge in [0.25, 0.3) is 0 Å². The lowest BCUT2D eigenvalue weighted by molar-refractivity contribution is 0.590. The number of hydrogen-bond donors (Lipinski definition) is 0. The Morgan fingerprint density at radius 3 is 2.24 bits per heavy atom. The van der Waals surface area contributed by atoms with Crippen molar-refractivity contribution in [3.05, 3.63) is 53.3 Å². The molecule has 0 aliphatic heterocycles. The van der Waals surface area contributed by atoms with Crippen LogP contribution in [0.2, 0.25) is 0 Å². The monoisotopic (exact) mass is 279 g/mol. The molecule has 0 aliphatic rings. The first kappa shape index (κ1) is 13.8.